The molecule has 9 heteroatoms. The number of aliphatic imine (C=N–C) groups is 1. The van der Waals surface area contributed by atoms with Gasteiger partial charge in [-0.15, -0.1) is 24.0 Å². The number of aryl methyl sites for hydroxylation is 2. The van der Waals surface area contributed by atoms with Crippen molar-refractivity contribution in [3.05, 3.63) is 18.2 Å². The average Bonchev–Trinajstić information content (AvgIpc) is 2.93. The predicted molar refractivity (Wildman–Crippen MR) is 122 cm³/mol. The van der Waals surface area contributed by atoms with Gasteiger partial charge in [-0.1, -0.05) is 0 Å². The number of aromatic nitrogens is 2. The zero-order valence-electron chi connectivity index (χ0n) is 17.7. The lowest BCUT2D eigenvalue weighted by atomic mass is 10.1. The van der Waals surface area contributed by atoms with Crippen LogP contribution < -0.4 is 10.6 Å². The second-order valence-electron chi connectivity index (χ2n) is 7.86. The van der Waals surface area contributed by atoms with Crippen molar-refractivity contribution in [2.45, 2.75) is 65.6 Å². The molecule has 0 aliphatic carbocycles. The van der Waals surface area contributed by atoms with Crippen LogP contribution in [0.25, 0.3) is 0 Å². The fraction of sp³-hybridized carbons (Fsp3) is 0.737. The Labute approximate surface area is 185 Å². The normalized spacial score (nSPS) is 14.9. The van der Waals surface area contributed by atoms with Crippen LogP contribution in [0.15, 0.2) is 17.4 Å². The lowest BCUT2D eigenvalue weighted by Gasteiger charge is -2.40. The van der Waals surface area contributed by atoms with Gasteiger partial charge < -0.3 is 24.8 Å². The summed E-state index contributed by atoms with van der Waals surface area (Å²) in [6.07, 6.45) is 5.67. The van der Waals surface area contributed by atoms with E-state index in [1.165, 1.54) is 0 Å². The Morgan fingerprint density at radius 1 is 1.36 bits per heavy atom. The Kier molecular flexibility index (Phi) is 10.0. The zero-order chi connectivity index (χ0) is 19.9. The van der Waals surface area contributed by atoms with Gasteiger partial charge in [0.05, 0.1) is 6.04 Å². The second-order valence-corrected chi connectivity index (χ2v) is 7.86. The molecule has 1 aliphatic rings. The quantitative estimate of drug-likeness (QED) is 0.257. The van der Waals surface area contributed by atoms with E-state index in [4.69, 9.17) is 4.74 Å². The van der Waals surface area contributed by atoms with Crippen LogP contribution in [0.2, 0.25) is 0 Å². The Bertz CT molecular complexity index is 635. The summed E-state index contributed by atoms with van der Waals surface area (Å²) < 4.78 is 7.54. The smallest absolute Gasteiger partial charge is 0.410 e. The molecule has 0 atom stereocenters. The third-order valence-corrected chi connectivity index (χ3v) is 4.22. The number of amides is 1. The molecule has 1 aromatic heterocycles. The average molecular weight is 506 g/mol. The maximum absolute atomic E-state index is 12.0. The molecule has 0 radical (unpaired) electrons. The van der Waals surface area contributed by atoms with Crippen molar-refractivity contribution in [2.75, 3.05) is 26.2 Å². The highest BCUT2D eigenvalue weighted by molar-refractivity contribution is 14.0. The number of halogens is 1. The number of hydrogen-bond acceptors (Lipinski definition) is 4. The molecule has 0 spiro atoms. The van der Waals surface area contributed by atoms with E-state index in [0.717, 1.165) is 44.3 Å². The SMILES string of the molecule is CCNC(=NCCCCn1ccnc1C)NC1CN(C(=O)OC(C)(C)C)C1.I. The van der Waals surface area contributed by atoms with E-state index in [0.29, 0.717) is 13.1 Å². The maximum atomic E-state index is 12.0. The fourth-order valence-electron chi connectivity index (χ4n) is 2.78. The highest BCUT2D eigenvalue weighted by atomic mass is 127. The molecule has 1 aromatic rings. The molecule has 28 heavy (non-hydrogen) atoms. The highest BCUT2D eigenvalue weighted by Crippen LogP contribution is 2.15. The van der Waals surface area contributed by atoms with E-state index in [1.807, 2.05) is 47.0 Å². The number of carbonyl (C=O) groups excluding carboxylic acids is 1. The standard InChI is InChI=1S/C19H34N6O2.HI/c1-6-20-17(22-9-7-8-11-24-12-10-21-15(24)2)23-16-13-25(14-16)18(26)27-19(3,4)5;/h10,12,16H,6-9,11,13-14H2,1-5H3,(H2,20,22,23);1H. The minimum Gasteiger partial charge on any atom is -0.444 e. The van der Waals surface area contributed by atoms with Crippen LogP contribution in [0.3, 0.4) is 0 Å². The van der Waals surface area contributed by atoms with E-state index in [-0.39, 0.29) is 36.1 Å². The molecular weight excluding hydrogens is 471 g/mol. The van der Waals surface area contributed by atoms with E-state index < -0.39 is 5.60 Å². The summed E-state index contributed by atoms with van der Waals surface area (Å²) in [6, 6.07) is 0.212. The van der Waals surface area contributed by atoms with Crippen LogP contribution in [0, 0.1) is 6.92 Å². The molecule has 0 saturated carbocycles. The minimum absolute atomic E-state index is 0. The number of nitrogens with zero attached hydrogens (tertiary/aromatic N) is 4. The molecular formula is C19H35IN6O2. The molecule has 0 aromatic carbocycles. The molecule has 2 heterocycles. The van der Waals surface area contributed by atoms with Gasteiger partial charge in [0.15, 0.2) is 5.96 Å². The molecule has 1 saturated heterocycles. The van der Waals surface area contributed by atoms with E-state index in [1.54, 1.807) is 4.90 Å². The summed E-state index contributed by atoms with van der Waals surface area (Å²) in [5.41, 5.74) is -0.457. The van der Waals surface area contributed by atoms with Crippen LogP contribution >= 0.6 is 24.0 Å². The van der Waals surface area contributed by atoms with Gasteiger partial charge in [0, 0.05) is 45.1 Å². The van der Waals surface area contributed by atoms with Crippen molar-refractivity contribution >= 4 is 36.0 Å². The summed E-state index contributed by atoms with van der Waals surface area (Å²) in [5.74, 6) is 1.86. The number of carbonyl (C=O) groups is 1. The van der Waals surface area contributed by atoms with Gasteiger partial charge in [0.2, 0.25) is 0 Å². The van der Waals surface area contributed by atoms with E-state index in [9.17, 15) is 4.79 Å². The van der Waals surface area contributed by atoms with Crippen molar-refractivity contribution in [2.24, 2.45) is 4.99 Å². The van der Waals surface area contributed by atoms with Gasteiger partial charge in [-0.25, -0.2) is 9.78 Å². The number of hydrogen-bond donors (Lipinski definition) is 2. The van der Waals surface area contributed by atoms with E-state index in [2.05, 4.69) is 25.2 Å². The molecule has 2 rings (SSSR count). The number of likely N-dealkylation sites (tertiary alicyclic amines) is 1. The van der Waals surface area contributed by atoms with Gasteiger partial charge in [-0.2, -0.15) is 0 Å². The maximum Gasteiger partial charge on any atom is 0.410 e. The fourth-order valence-corrected chi connectivity index (χ4v) is 2.78. The van der Waals surface area contributed by atoms with Crippen molar-refractivity contribution in [1.82, 2.24) is 25.1 Å². The molecule has 2 N–H and O–H groups in total. The van der Waals surface area contributed by atoms with Crippen molar-refractivity contribution in [3.63, 3.8) is 0 Å². The summed E-state index contributed by atoms with van der Waals surface area (Å²) in [7, 11) is 0. The summed E-state index contributed by atoms with van der Waals surface area (Å²) in [4.78, 5) is 22.6. The molecule has 0 bridgehead atoms. The van der Waals surface area contributed by atoms with Gasteiger partial charge in [-0.3, -0.25) is 4.99 Å². The number of nitrogens with one attached hydrogen (secondary N) is 2. The number of unbranched alkanes of at least 4 members (excludes halogenated alkanes) is 1. The molecule has 1 fully saturated rings. The lowest BCUT2D eigenvalue weighted by molar-refractivity contribution is 0.00701. The Hall–Kier alpha value is -1.52. The first-order valence-electron chi connectivity index (χ1n) is 9.79. The Morgan fingerprint density at radius 2 is 2.07 bits per heavy atom. The first-order chi connectivity index (χ1) is 12.8. The van der Waals surface area contributed by atoms with Gasteiger partial charge in [0.1, 0.15) is 11.4 Å². The van der Waals surface area contributed by atoms with Crippen LogP contribution in [0.1, 0.15) is 46.4 Å². The van der Waals surface area contributed by atoms with Crippen molar-refractivity contribution in [1.29, 1.82) is 0 Å². The van der Waals surface area contributed by atoms with Gasteiger partial charge in [-0.05, 0) is 47.5 Å². The monoisotopic (exact) mass is 506 g/mol. The molecule has 1 amide bonds. The summed E-state index contributed by atoms with van der Waals surface area (Å²) in [5, 5.41) is 6.66. The molecule has 8 nitrogen and oxygen atoms in total. The number of rotatable bonds is 7. The zero-order valence-corrected chi connectivity index (χ0v) is 20.0. The molecule has 0 unspecified atom stereocenters. The number of imidazole rings is 1. The second kappa shape index (κ2) is 11.5. The van der Waals surface area contributed by atoms with Crippen LogP contribution in [0.5, 0.6) is 0 Å². The third-order valence-electron chi connectivity index (χ3n) is 4.22. The van der Waals surface area contributed by atoms with Crippen LogP contribution in [0.4, 0.5) is 4.79 Å². The number of ether oxygens (including phenoxy) is 1. The van der Waals surface area contributed by atoms with Crippen LogP contribution in [-0.4, -0.2) is 64.3 Å². The van der Waals surface area contributed by atoms with Gasteiger partial charge in [0.25, 0.3) is 0 Å². The molecule has 1 aliphatic heterocycles. The summed E-state index contributed by atoms with van der Waals surface area (Å²) >= 11 is 0. The molecule has 160 valence electrons. The highest BCUT2D eigenvalue weighted by Gasteiger charge is 2.34. The summed E-state index contributed by atoms with van der Waals surface area (Å²) in [6.45, 7) is 13.5. The van der Waals surface area contributed by atoms with Crippen molar-refractivity contribution < 1.29 is 9.53 Å². The largest absolute Gasteiger partial charge is 0.444 e. The predicted octanol–water partition coefficient (Wildman–Crippen LogP) is 2.76. The lowest BCUT2D eigenvalue weighted by Crippen LogP contribution is -2.63. The number of guanidine groups is 1. The first-order valence-corrected chi connectivity index (χ1v) is 9.79. The first kappa shape index (κ1) is 24.5. The van der Waals surface area contributed by atoms with Crippen molar-refractivity contribution in [3.8, 4) is 0 Å². The van der Waals surface area contributed by atoms with E-state index >= 15 is 0 Å². The minimum atomic E-state index is -0.457. The topological polar surface area (TPSA) is 83.8 Å². The Morgan fingerprint density at radius 3 is 2.64 bits per heavy atom. The van der Waals surface area contributed by atoms with Gasteiger partial charge >= 0.3 is 6.09 Å². The third kappa shape index (κ3) is 8.24. The van der Waals surface area contributed by atoms with Crippen LogP contribution in [-0.2, 0) is 11.3 Å². The Balaban J connectivity index is 0.00000392.